The molecule has 4 rings (SSSR count). The maximum atomic E-state index is 13.1. The van der Waals surface area contributed by atoms with Crippen molar-refractivity contribution in [3.05, 3.63) is 108 Å². The van der Waals surface area contributed by atoms with Gasteiger partial charge in [-0.05, 0) is 29.3 Å². The number of hydrogen-bond acceptors (Lipinski definition) is 8. The largest absolute Gasteiger partial charge is 0.456 e. The number of nitrogens with zero attached hydrogens (tertiary/aromatic N) is 2. The summed E-state index contributed by atoms with van der Waals surface area (Å²) in [5, 5.41) is 0. The van der Waals surface area contributed by atoms with E-state index in [1.54, 1.807) is 60.7 Å². The van der Waals surface area contributed by atoms with Gasteiger partial charge in [-0.25, -0.2) is 23.3 Å². The number of carbonyl (C=O) groups is 2. The first-order valence-corrected chi connectivity index (χ1v) is 12.2. The Kier molecular flexibility index (Phi) is 7.31. The Labute approximate surface area is 207 Å². The first kappa shape index (κ1) is 24.5. The molecule has 0 saturated heterocycles. The van der Waals surface area contributed by atoms with Crippen LogP contribution in [0.4, 0.5) is 10.6 Å². The fourth-order valence-corrected chi connectivity index (χ4v) is 4.31. The van der Waals surface area contributed by atoms with E-state index in [0.717, 1.165) is 6.20 Å². The van der Waals surface area contributed by atoms with E-state index in [1.165, 1.54) is 18.3 Å². The molecule has 0 fully saturated rings. The molecule has 3 N–H and O–H groups in total. The van der Waals surface area contributed by atoms with Crippen LogP contribution in [-0.4, -0.2) is 29.4 Å². The van der Waals surface area contributed by atoms with E-state index in [4.69, 9.17) is 15.2 Å². The van der Waals surface area contributed by atoms with E-state index in [-0.39, 0.29) is 30.3 Å². The van der Waals surface area contributed by atoms with Gasteiger partial charge in [0.05, 0.1) is 0 Å². The van der Waals surface area contributed by atoms with Gasteiger partial charge in [0.2, 0.25) is 0 Å². The quantitative estimate of drug-likeness (QED) is 0.346. The molecule has 0 spiro atoms. The van der Waals surface area contributed by atoms with E-state index in [1.807, 2.05) is 10.8 Å². The van der Waals surface area contributed by atoms with Crippen molar-refractivity contribution >= 4 is 28.1 Å². The van der Waals surface area contributed by atoms with Crippen LogP contribution in [0.15, 0.2) is 91.3 Å². The second-order valence-corrected chi connectivity index (χ2v) is 9.12. The molecule has 0 aliphatic carbocycles. The number of benzene rings is 2. The summed E-state index contributed by atoms with van der Waals surface area (Å²) < 4.78 is 39.0. The topological polar surface area (TPSA) is 143 Å². The molecule has 0 aliphatic heterocycles. The molecule has 184 valence electrons. The zero-order chi connectivity index (χ0) is 25.5. The lowest BCUT2D eigenvalue weighted by molar-refractivity contribution is 0.0465. The summed E-state index contributed by atoms with van der Waals surface area (Å²) in [6, 6.07) is 22.2. The number of aromatic nitrogens is 2. The summed E-state index contributed by atoms with van der Waals surface area (Å²) in [6.07, 6.45) is 1.33. The van der Waals surface area contributed by atoms with Gasteiger partial charge in [-0.2, -0.15) is 8.42 Å². The Morgan fingerprint density at radius 3 is 2.06 bits per heavy atom. The first-order valence-electron chi connectivity index (χ1n) is 10.7. The summed E-state index contributed by atoms with van der Waals surface area (Å²) >= 11 is 0. The molecular weight excluding hydrogens is 484 g/mol. The summed E-state index contributed by atoms with van der Waals surface area (Å²) in [6.45, 7) is -0.223. The number of esters is 1. The lowest BCUT2D eigenvalue weighted by atomic mass is 10.1. The van der Waals surface area contributed by atoms with Gasteiger partial charge in [0.1, 0.15) is 19.0 Å². The number of nitrogens with one attached hydrogen (secondary N) is 1. The van der Waals surface area contributed by atoms with Crippen molar-refractivity contribution in [2.75, 3.05) is 5.73 Å². The lowest BCUT2D eigenvalue weighted by Crippen LogP contribution is -2.36. The molecule has 0 atom stereocenters. The Balaban J connectivity index is 1.60. The van der Waals surface area contributed by atoms with Crippen LogP contribution in [0.2, 0.25) is 0 Å². The molecule has 0 unspecified atom stereocenters. The van der Waals surface area contributed by atoms with Crippen molar-refractivity contribution in [3.8, 4) is 11.1 Å². The highest BCUT2D eigenvalue weighted by molar-refractivity contribution is 7.88. The molecule has 4 aromatic rings. The Morgan fingerprint density at radius 2 is 1.47 bits per heavy atom. The van der Waals surface area contributed by atoms with Crippen LogP contribution < -0.4 is 10.5 Å². The zero-order valence-corrected chi connectivity index (χ0v) is 19.7. The SMILES string of the molecule is Nc1ccc(-c2ccn(S(=O)(=O)NC(=O)OCc3ccccc3)c2C(=O)OCc2ccccc2)cn1. The second kappa shape index (κ2) is 10.7. The maximum Gasteiger partial charge on any atom is 0.422 e. The highest BCUT2D eigenvalue weighted by atomic mass is 32.2. The van der Waals surface area contributed by atoms with E-state index in [9.17, 15) is 18.0 Å². The predicted molar refractivity (Wildman–Crippen MR) is 132 cm³/mol. The third kappa shape index (κ3) is 5.88. The number of pyridine rings is 1. The van der Waals surface area contributed by atoms with Gasteiger partial charge < -0.3 is 15.2 Å². The van der Waals surface area contributed by atoms with Crippen LogP contribution >= 0.6 is 0 Å². The maximum absolute atomic E-state index is 13.1. The van der Waals surface area contributed by atoms with Crippen LogP contribution in [0.3, 0.4) is 0 Å². The fraction of sp³-hybridized carbons (Fsp3) is 0.0800. The molecule has 1 amide bonds. The average molecular weight is 507 g/mol. The van der Waals surface area contributed by atoms with E-state index in [2.05, 4.69) is 4.98 Å². The Hall–Kier alpha value is -4.64. The van der Waals surface area contributed by atoms with Crippen molar-refractivity contribution in [1.29, 1.82) is 0 Å². The summed E-state index contributed by atoms with van der Waals surface area (Å²) in [7, 11) is -4.57. The van der Waals surface area contributed by atoms with Crippen molar-refractivity contribution in [2.24, 2.45) is 0 Å². The number of carbonyl (C=O) groups excluding carboxylic acids is 2. The third-order valence-electron chi connectivity index (χ3n) is 5.04. The molecule has 11 heteroatoms. The van der Waals surface area contributed by atoms with Gasteiger partial charge >= 0.3 is 22.3 Å². The first-order chi connectivity index (χ1) is 17.3. The number of rotatable bonds is 8. The van der Waals surface area contributed by atoms with Crippen LogP contribution in [0.5, 0.6) is 0 Å². The molecular formula is C25H22N4O6S. The van der Waals surface area contributed by atoms with Gasteiger partial charge in [-0.15, -0.1) is 0 Å². The van der Waals surface area contributed by atoms with E-state index < -0.39 is 22.3 Å². The summed E-state index contributed by atoms with van der Waals surface area (Å²) in [5.74, 6) is -0.666. The van der Waals surface area contributed by atoms with Gasteiger partial charge in [0.25, 0.3) is 0 Å². The molecule has 2 aromatic heterocycles. The monoisotopic (exact) mass is 506 g/mol. The Morgan fingerprint density at radius 1 is 0.861 bits per heavy atom. The summed E-state index contributed by atoms with van der Waals surface area (Å²) in [4.78, 5) is 29.4. The van der Waals surface area contributed by atoms with Crippen LogP contribution in [0.1, 0.15) is 21.6 Å². The minimum Gasteiger partial charge on any atom is -0.456 e. The molecule has 10 nitrogen and oxygen atoms in total. The van der Waals surface area contributed by atoms with Crippen molar-refractivity contribution in [3.63, 3.8) is 0 Å². The van der Waals surface area contributed by atoms with Crippen LogP contribution in [-0.2, 0) is 32.9 Å². The van der Waals surface area contributed by atoms with E-state index >= 15 is 0 Å². The molecule has 0 radical (unpaired) electrons. The second-order valence-electron chi connectivity index (χ2n) is 7.58. The van der Waals surface area contributed by atoms with Gasteiger partial charge in [-0.3, -0.25) is 0 Å². The highest BCUT2D eigenvalue weighted by Crippen LogP contribution is 2.27. The van der Waals surface area contributed by atoms with Gasteiger partial charge in [0, 0.05) is 23.5 Å². The standard InChI is InChI=1S/C25H22N4O6S/c26-22-12-11-20(15-27-22)21-13-14-29(23(21)24(30)34-16-18-7-3-1-4-8-18)36(32,33)28-25(31)35-17-19-9-5-2-6-10-19/h1-15H,16-17H2,(H2,26,27)(H,28,31). The van der Waals surface area contributed by atoms with Crippen molar-refractivity contribution in [2.45, 2.75) is 13.2 Å². The number of ether oxygens (including phenoxy) is 2. The minimum atomic E-state index is -4.57. The van der Waals surface area contributed by atoms with Crippen LogP contribution in [0.25, 0.3) is 11.1 Å². The number of nitrogen functional groups attached to an aromatic ring is 1. The predicted octanol–water partition coefficient (Wildman–Crippen LogP) is 3.51. The number of anilines is 1. The lowest BCUT2D eigenvalue weighted by Gasteiger charge is -2.13. The summed E-state index contributed by atoms with van der Waals surface area (Å²) in [5.41, 5.74) is 7.37. The molecule has 0 aliphatic rings. The van der Waals surface area contributed by atoms with E-state index in [0.29, 0.717) is 20.7 Å². The van der Waals surface area contributed by atoms with Gasteiger partial charge in [-0.1, -0.05) is 60.7 Å². The van der Waals surface area contributed by atoms with Crippen LogP contribution in [0, 0.1) is 0 Å². The van der Waals surface area contributed by atoms with Gasteiger partial charge in [0.15, 0.2) is 5.69 Å². The fourth-order valence-electron chi connectivity index (χ4n) is 3.31. The zero-order valence-electron chi connectivity index (χ0n) is 18.9. The normalized spacial score (nSPS) is 11.0. The molecule has 0 saturated carbocycles. The Bertz CT molecular complexity index is 1450. The minimum absolute atomic E-state index is 0.0864. The molecule has 0 bridgehead atoms. The highest BCUT2D eigenvalue weighted by Gasteiger charge is 2.28. The number of amides is 1. The number of hydrogen-bond donors (Lipinski definition) is 2. The molecule has 2 aromatic carbocycles. The molecule has 36 heavy (non-hydrogen) atoms. The average Bonchev–Trinajstić information content (AvgIpc) is 3.34. The van der Waals surface area contributed by atoms with Crippen molar-refractivity contribution < 1.29 is 27.5 Å². The number of nitrogens with two attached hydrogens (primary N) is 1. The smallest absolute Gasteiger partial charge is 0.422 e. The van der Waals surface area contributed by atoms with Crippen molar-refractivity contribution in [1.82, 2.24) is 13.7 Å². The molecule has 2 heterocycles. The third-order valence-corrected chi connectivity index (χ3v) is 6.29.